The quantitative estimate of drug-likeness (QED) is 0.368. The summed E-state index contributed by atoms with van der Waals surface area (Å²) in [4.78, 5) is 10.8. The van der Waals surface area contributed by atoms with E-state index in [0.717, 1.165) is 28.7 Å². The van der Waals surface area contributed by atoms with Gasteiger partial charge in [0.2, 0.25) is 11.2 Å². The molecular weight excluding hydrogens is 413 g/mol. The largest absolute Gasteiger partial charge is 0.618 e. The van der Waals surface area contributed by atoms with Crippen molar-refractivity contribution >= 4 is 22.9 Å². The van der Waals surface area contributed by atoms with Crippen molar-refractivity contribution in [3.63, 3.8) is 0 Å². The van der Waals surface area contributed by atoms with Gasteiger partial charge >= 0.3 is 5.97 Å². The van der Waals surface area contributed by atoms with E-state index < -0.39 is 24.6 Å². The molecule has 166 valence electrons. The summed E-state index contributed by atoms with van der Waals surface area (Å²) >= 11 is 0. The molecule has 32 heavy (non-hydrogen) atoms. The summed E-state index contributed by atoms with van der Waals surface area (Å²) in [5, 5.41) is 42.9. The van der Waals surface area contributed by atoms with E-state index in [1.807, 2.05) is 12.1 Å². The number of rotatable bonds is 8. The van der Waals surface area contributed by atoms with Crippen LogP contribution in [0, 0.1) is 11.0 Å². The van der Waals surface area contributed by atoms with Crippen LogP contribution in [0.5, 0.6) is 0 Å². The van der Waals surface area contributed by atoms with Gasteiger partial charge in [0.1, 0.15) is 5.82 Å². The number of aliphatic hydroxyl groups is 2. The number of aromatic nitrogens is 1. The van der Waals surface area contributed by atoms with Gasteiger partial charge in [-0.15, -0.1) is 0 Å². The first-order valence-electron chi connectivity index (χ1n) is 10.6. The topological polar surface area (TPSA) is 105 Å². The molecule has 0 saturated heterocycles. The third-order valence-corrected chi connectivity index (χ3v) is 5.66. The average Bonchev–Trinajstić information content (AvgIpc) is 3.58. The first kappa shape index (κ1) is 21.9. The van der Waals surface area contributed by atoms with Crippen molar-refractivity contribution in [2.45, 2.75) is 43.8 Å². The zero-order valence-electron chi connectivity index (χ0n) is 17.3. The van der Waals surface area contributed by atoms with Crippen molar-refractivity contribution in [2.75, 3.05) is 0 Å². The van der Waals surface area contributed by atoms with Crippen LogP contribution in [0.4, 0.5) is 4.39 Å². The van der Waals surface area contributed by atoms with Gasteiger partial charge in [0, 0.05) is 24.0 Å². The van der Waals surface area contributed by atoms with Gasteiger partial charge in [-0.25, -0.2) is 4.39 Å². The number of para-hydroxylation sites is 1. The van der Waals surface area contributed by atoms with Crippen LogP contribution in [0.3, 0.4) is 0 Å². The first-order valence-corrected chi connectivity index (χ1v) is 10.6. The molecular formula is C25H24FNO5. The maximum atomic E-state index is 13.6. The van der Waals surface area contributed by atoms with Gasteiger partial charge in [-0.1, -0.05) is 30.3 Å². The molecule has 1 aliphatic carbocycles. The van der Waals surface area contributed by atoms with Crippen LogP contribution in [0.1, 0.15) is 42.9 Å². The summed E-state index contributed by atoms with van der Waals surface area (Å²) in [5.41, 5.74) is 3.26. The second-order valence-corrected chi connectivity index (χ2v) is 8.18. The summed E-state index contributed by atoms with van der Waals surface area (Å²) < 4.78 is 14.5. The number of hydrogen-bond donors (Lipinski definition) is 3. The van der Waals surface area contributed by atoms with E-state index in [0.29, 0.717) is 22.2 Å². The number of fused-ring (bicyclic) bond motifs is 1. The summed E-state index contributed by atoms with van der Waals surface area (Å²) in [6, 6.07) is 13.3. The monoisotopic (exact) mass is 437 g/mol. The van der Waals surface area contributed by atoms with Crippen LogP contribution in [0.25, 0.3) is 28.1 Å². The molecule has 0 bridgehead atoms. The number of nitrogens with zero attached hydrogens (tertiary/aromatic N) is 1. The average molecular weight is 437 g/mol. The molecule has 2 atom stereocenters. The summed E-state index contributed by atoms with van der Waals surface area (Å²) in [6.07, 6.45) is 2.00. The van der Waals surface area contributed by atoms with E-state index in [9.17, 15) is 24.6 Å². The Morgan fingerprint density at radius 2 is 1.84 bits per heavy atom. The van der Waals surface area contributed by atoms with Gasteiger partial charge in [0.15, 0.2) is 0 Å². The number of pyridine rings is 1. The van der Waals surface area contributed by atoms with Crippen LogP contribution in [-0.2, 0) is 4.79 Å². The molecule has 0 unspecified atom stereocenters. The van der Waals surface area contributed by atoms with Gasteiger partial charge in [-0.3, -0.25) is 4.79 Å². The van der Waals surface area contributed by atoms with Crippen LogP contribution >= 0.6 is 0 Å². The summed E-state index contributed by atoms with van der Waals surface area (Å²) in [5.74, 6) is -1.42. The Morgan fingerprint density at radius 3 is 2.50 bits per heavy atom. The minimum atomic E-state index is -1.19. The van der Waals surface area contributed by atoms with Crippen LogP contribution in [0.15, 0.2) is 54.6 Å². The van der Waals surface area contributed by atoms with E-state index in [4.69, 9.17) is 5.11 Å². The predicted octanol–water partition coefficient (Wildman–Crippen LogP) is 3.76. The maximum Gasteiger partial charge on any atom is 0.305 e. The molecule has 1 aromatic heterocycles. The van der Waals surface area contributed by atoms with Crippen LogP contribution in [0.2, 0.25) is 0 Å². The predicted molar refractivity (Wildman–Crippen MR) is 118 cm³/mol. The number of carboxylic acid groups (broad SMARTS) is 1. The molecule has 6 nitrogen and oxygen atoms in total. The lowest BCUT2D eigenvalue weighted by Crippen LogP contribution is -2.34. The number of benzene rings is 2. The minimum Gasteiger partial charge on any atom is -0.618 e. The summed E-state index contributed by atoms with van der Waals surface area (Å²) in [7, 11) is 0. The summed E-state index contributed by atoms with van der Waals surface area (Å²) in [6.45, 7) is 0. The molecule has 2 aromatic carbocycles. The normalized spacial score (nSPS) is 15.8. The molecule has 1 saturated carbocycles. The zero-order valence-corrected chi connectivity index (χ0v) is 17.3. The fourth-order valence-corrected chi connectivity index (χ4v) is 4.06. The second-order valence-electron chi connectivity index (χ2n) is 8.18. The van der Waals surface area contributed by atoms with Crippen molar-refractivity contribution in [3.8, 4) is 11.1 Å². The minimum absolute atomic E-state index is 0.0886. The highest BCUT2D eigenvalue weighted by Crippen LogP contribution is 2.44. The molecule has 1 fully saturated rings. The molecule has 3 N–H and O–H groups in total. The molecule has 0 aliphatic heterocycles. The molecule has 7 heteroatoms. The van der Waals surface area contributed by atoms with Gasteiger partial charge in [0.25, 0.3) is 0 Å². The lowest BCUT2D eigenvalue weighted by Gasteiger charge is -2.17. The molecule has 0 spiro atoms. The second kappa shape index (κ2) is 9.06. The lowest BCUT2D eigenvalue weighted by atomic mass is 9.92. The highest BCUT2D eigenvalue weighted by atomic mass is 19.1. The van der Waals surface area contributed by atoms with Gasteiger partial charge in [-0.2, -0.15) is 4.73 Å². The Labute approximate surface area is 184 Å². The first-order chi connectivity index (χ1) is 15.3. The fourth-order valence-electron chi connectivity index (χ4n) is 4.06. The van der Waals surface area contributed by atoms with Gasteiger partial charge in [-0.05, 0) is 42.7 Å². The van der Waals surface area contributed by atoms with Crippen molar-refractivity contribution in [2.24, 2.45) is 0 Å². The molecule has 1 aliphatic rings. The highest BCUT2D eigenvalue weighted by molar-refractivity contribution is 5.97. The van der Waals surface area contributed by atoms with Crippen LogP contribution < -0.4 is 4.73 Å². The van der Waals surface area contributed by atoms with E-state index in [-0.39, 0.29) is 18.2 Å². The van der Waals surface area contributed by atoms with Crippen molar-refractivity contribution in [1.82, 2.24) is 0 Å². The molecule has 4 rings (SSSR count). The Balaban J connectivity index is 1.84. The Hall–Kier alpha value is -3.29. The standard InChI is InChI=1S/C25H24FNO5/c26-17-9-7-15(8-10-17)24-20-3-1-2-4-22(20)27(32)25(16-5-6-16)21(24)12-11-18(28)13-19(29)14-23(30)31/h1-4,7-12,16,18-19,28-29H,5-6,13-14H2,(H,30,31)/b12-11+/t18-,19+/m0/s1. The zero-order chi connectivity index (χ0) is 22.8. The number of aliphatic hydroxyl groups excluding tert-OH is 2. The third kappa shape index (κ3) is 4.64. The number of aliphatic carboxylic acids is 1. The van der Waals surface area contributed by atoms with Gasteiger partial charge < -0.3 is 20.5 Å². The van der Waals surface area contributed by atoms with E-state index in [2.05, 4.69) is 0 Å². The number of carboxylic acids is 1. The van der Waals surface area contributed by atoms with Crippen molar-refractivity contribution in [3.05, 3.63) is 76.9 Å². The smallest absolute Gasteiger partial charge is 0.305 e. The SMILES string of the molecule is O=C(O)C[C@H](O)C[C@@H](O)/C=C/c1c(-c2ccc(F)cc2)c2ccccc2[n+]([O-])c1C1CC1. The van der Waals surface area contributed by atoms with E-state index in [1.165, 1.54) is 18.2 Å². The number of carbonyl (C=O) groups is 1. The van der Waals surface area contributed by atoms with Crippen LogP contribution in [-0.4, -0.2) is 33.5 Å². The Kier molecular flexibility index (Phi) is 6.21. The van der Waals surface area contributed by atoms with Gasteiger partial charge in [0.05, 0.1) is 29.6 Å². The van der Waals surface area contributed by atoms with Crippen molar-refractivity contribution < 1.29 is 29.2 Å². The van der Waals surface area contributed by atoms with E-state index in [1.54, 1.807) is 30.3 Å². The molecule has 0 amide bonds. The fraction of sp³-hybridized carbons (Fsp3) is 0.280. The highest BCUT2D eigenvalue weighted by Gasteiger charge is 2.36. The molecule has 1 heterocycles. The maximum absolute atomic E-state index is 13.6. The number of halogens is 1. The Bertz CT molecular complexity index is 1170. The molecule has 3 aromatic rings. The van der Waals surface area contributed by atoms with E-state index >= 15 is 0 Å². The number of hydrogen-bond acceptors (Lipinski definition) is 4. The third-order valence-electron chi connectivity index (χ3n) is 5.66. The molecule has 0 radical (unpaired) electrons. The Morgan fingerprint density at radius 1 is 1.16 bits per heavy atom. The lowest BCUT2D eigenvalue weighted by molar-refractivity contribution is -0.586. The van der Waals surface area contributed by atoms with Crippen molar-refractivity contribution in [1.29, 1.82) is 0 Å².